The van der Waals surface area contributed by atoms with Gasteiger partial charge in [-0.2, -0.15) is 0 Å². The SMILES string of the molecule is O=C(CBr)CC(=O)ON1CCC1. The van der Waals surface area contributed by atoms with Crippen molar-refractivity contribution in [2.45, 2.75) is 12.8 Å². The molecule has 1 fully saturated rings. The van der Waals surface area contributed by atoms with Gasteiger partial charge in [0.2, 0.25) is 0 Å². The van der Waals surface area contributed by atoms with Crippen molar-refractivity contribution in [2.24, 2.45) is 0 Å². The summed E-state index contributed by atoms with van der Waals surface area (Å²) < 4.78 is 0. The van der Waals surface area contributed by atoms with Crippen LogP contribution in [0.3, 0.4) is 0 Å². The molecule has 1 aliphatic rings. The fourth-order valence-corrected chi connectivity index (χ4v) is 0.961. The maximum absolute atomic E-state index is 10.9. The largest absolute Gasteiger partial charge is 0.367 e. The highest BCUT2D eigenvalue weighted by Crippen LogP contribution is 2.07. The molecule has 0 aromatic carbocycles. The predicted molar refractivity (Wildman–Crippen MR) is 45.7 cm³/mol. The summed E-state index contributed by atoms with van der Waals surface area (Å²) in [5, 5.41) is 1.77. The molecule has 5 heteroatoms. The zero-order chi connectivity index (χ0) is 8.97. The number of carbonyl (C=O) groups is 2. The van der Waals surface area contributed by atoms with Gasteiger partial charge in [0.1, 0.15) is 6.42 Å². The van der Waals surface area contributed by atoms with Crippen molar-refractivity contribution in [2.75, 3.05) is 18.4 Å². The molecule has 0 aliphatic carbocycles. The van der Waals surface area contributed by atoms with E-state index in [4.69, 9.17) is 4.84 Å². The molecule has 1 rings (SSSR count). The minimum Gasteiger partial charge on any atom is -0.367 e. The van der Waals surface area contributed by atoms with E-state index in [1.54, 1.807) is 5.06 Å². The van der Waals surface area contributed by atoms with Gasteiger partial charge in [0.15, 0.2) is 5.78 Å². The molecule has 0 unspecified atom stereocenters. The van der Waals surface area contributed by atoms with E-state index in [9.17, 15) is 9.59 Å². The zero-order valence-corrected chi connectivity index (χ0v) is 8.17. The van der Waals surface area contributed by atoms with Gasteiger partial charge < -0.3 is 4.84 Å². The first-order valence-corrected chi connectivity index (χ1v) is 4.88. The van der Waals surface area contributed by atoms with Gasteiger partial charge in [-0.3, -0.25) is 4.79 Å². The molecule has 0 N–H and O–H groups in total. The highest BCUT2D eigenvalue weighted by molar-refractivity contribution is 9.09. The predicted octanol–water partition coefficient (Wildman–Crippen LogP) is 0.504. The van der Waals surface area contributed by atoms with Crippen LogP contribution in [0.15, 0.2) is 0 Å². The summed E-state index contributed by atoms with van der Waals surface area (Å²) in [5.74, 6) is -0.611. The lowest BCUT2D eigenvalue weighted by Crippen LogP contribution is -2.39. The monoisotopic (exact) mass is 235 g/mol. The lowest BCUT2D eigenvalue weighted by molar-refractivity contribution is -0.207. The third-order valence-corrected chi connectivity index (χ3v) is 2.16. The summed E-state index contributed by atoms with van der Waals surface area (Å²) in [4.78, 5) is 26.5. The lowest BCUT2D eigenvalue weighted by atomic mass is 10.3. The van der Waals surface area contributed by atoms with Gasteiger partial charge in [0.25, 0.3) is 0 Å². The first-order valence-electron chi connectivity index (χ1n) is 3.76. The summed E-state index contributed by atoms with van der Waals surface area (Å²) in [5.41, 5.74) is 0. The summed E-state index contributed by atoms with van der Waals surface area (Å²) in [6, 6.07) is 0. The Morgan fingerprint density at radius 1 is 1.42 bits per heavy atom. The van der Waals surface area contributed by atoms with Crippen LogP contribution in [0.25, 0.3) is 0 Å². The molecular weight excluding hydrogens is 226 g/mol. The summed E-state index contributed by atoms with van der Waals surface area (Å²) >= 11 is 2.97. The number of carbonyl (C=O) groups excluding carboxylic acids is 2. The number of hydroxylamine groups is 2. The molecule has 0 spiro atoms. The second kappa shape index (κ2) is 4.57. The second-order valence-electron chi connectivity index (χ2n) is 2.59. The van der Waals surface area contributed by atoms with Crippen LogP contribution in [0.5, 0.6) is 0 Å². The molecule has 0 aromatic heterocycles. The fourth-order valence-electron chi connectivity index (χ4n) is 0.763. The van der Waals surface area contributed by atoms with Gasteiger partial charge in [-0.05, 0) is 6.42 Å². The standard InChI is InChI=1S/C7H10BrNO3/c8-5-6(10)4-7(11)12-9-2-1-3-9/h1-5H2. The van der Waals surface area contributed by atoms with Crippen molar-refractivity contribution < 1.29 is 14.4 Å². The van der Waals surface area contributed by atoms with Gasteiger partial charge in [0, 0.05) is 13.1 Å². The number of halogens is 1. The Bertz CT molecular complexity index is 191. The smallest absolute Gasteiger partial charge is 0.332 e. The molecule has 4 nitrogen and oxygen atoms in total. The van der Waals surface area contributed by atoms with Gasteiger partial charge in [-0.15, -0.1) is 5.06 Å². The van der Waals surface area contributed by atoms with Gasteiger partial charge in [0.05, 0.1) is 5.33 Å². The quantitative estimate of drug-likeness (QED) is 0.527. The number of rotatable bonds is 4. The first-order chi connectivity index (χ1) is 5.72. The van der Waals surface area contributed by atoms with Gasteiger partial charge in [-0.1, -0.05) is 15.9 Å². The van der Waals surface area contributed by atoms with Gasteiger partial charge in [-0.25, -0.2) is 4.79 Å². The van der Waals surface area contributed by atoms with Crippen LogP contribution in [0.4, 0.5) is 0 Å². The van der Waals surface area contributed by atoms with Crippen LogP contribution in [-0.4, -0.2) is 35.2 Å². The van der Waals surface area contributed by atoms with Crippen molar-refractivity contribution in [3.05, 3.63) is 0 Å². The highest BCUT2D eigenvalue weighted by Gasteiger charge is 2.19. The van der Waals surface area contributed by atoms with E-state index in [1.165, 1.54) is 0 Å². The molecule has 0 aromatic rings. The molecule has 0 radical (unpaired) electrons. The molecular formula is C7H10BrNO3. The van der Waals surface area contributed by atoms with Crippen LogP contribution in [0.2, 0.25) is 0 Å². The van der Waals surface area contributed by atoms with Gasteiger partial charge >= 0.3 is 5.97 Å². The molecule has 0 bridgehead atoms. The number of alkyl halides is 1. The Balaban J connectivity index is 2.14. The topological polar surface area (TPSA) is 46.6 Å². The maximum atomic E-state index is 10.9. The Morgan fingerprint density at radius 3 is 2.50 bits per heavy atom. The van der Waals surface area contributed by atoms with Crippen molar-refractivity contribution >= 4 is 27.7 Å². The maximum Gasteiger partial charge on any atom is 0.332 e. The fraction of sp³-hybridized carbons (Fsp3) is 0.714. The third-order valence-electron chi connectivity index (χ3n) is 1.54. The Hall–Kier alpha value is -0.420. The van der Waals surface area contributed by atoms with E-state index >= 15 is 0 Å². The minimum atomic E-state index is -0.459. The average Bonchev–Trinajstić information content (AvgIpc) is 1.97. The number of Topliss-reactive ketones (excluding diaryl/α,β-unsaturated/α-hetero) is 1. The first kappa shape index (κ1) is 9.67. The molecule has 0 amide bonds. The number of ketones is 1. The molecule has 68 valence electrons. The Kier molecular flexibility index (Phi) is 3.68. The van der Waals surface area contributed by atoms with E-state index in [1.807, 2.05) is 0 Å². The zero-order valence-electron chi connectivity index (χ0n) is 6.59. The average molecular weight is 236 g/mol. The van der Waals surface area contributed by atoms with Crippen molar-refractivity contribution in [3.63, 3.8) is 0 Å². The second-order valence-corrected chi connectivity index (χ2v) is 3.16. The van der Waals surface area contributed by atoms with Crippen LogP contribution < -0.4 is 0 Å². The molecule has 0 atom stereocenters. The van der Waals surface area contributed by atoms with Crippen molar-refractivity contribution in [3.8, 4) is 0 Å². The van der Waals surface area contributed by atoms with Crippen LogP contribution in [0, 0.1) is 0 Å². The van der Waals surface area contributed by atoms with Crippen molar-refractivity contribution in [1.29, 1.82) is 0 Å². The number of nitrogens with zero attached hydrogens (tertiary/aromatic N) is 1. The van der Waals surface area contributed by atoms with Crippen LogP contribution in [-0.2, 0) is 14.4 Å². The normalized spacial score (nSPS) is 16.8. The van der Waals surface area contributed by atoms with E-state index < -0.39 is 5.97 Å². The molecule has 1 aliphatic heterocycles. The van der Waals surface area contributed by atoms with Crippen LogP contribution >= 0.6 is 15.9 Å². The summed E-state index contributed by atoms with van der Waals surface area (Å²) in [7, 11) is 0. The van der Waals surface area contributed by atoms with E-state index in [0.717, 1.165) is 19.5 Å². The van der Waals surface area contributed by atoms with E-state index in [0.29, 0.717) is 0 Å². The molecule has 1 heterocycles. The number of hydrogen-bond donors (Lipinski definition) is 0. The van der Waals surface area contributed by atoms with E-state index in [-0.39, 0.29) is 17.5 Å². The highest BCUT2D eigenvalue weighted by atomic mass is 79.9. The lowest BCUT2D eigenvalue weighted by Gasteiger charge is -2.28. The van der Waals surface area contributed by atoms with Crippen molar-refractivity contribution in [1.82, 2.24) is 5.06 Å². The molecule has 12 heavy (non-hydrogen) atoms. The Labute approximate surface area is 78.9 Å². The number of hydrogen-bond acceptors (Lipinski definition) is 4. The van der Waals surface area contributed by atoms with Crippen LogP contribution in [0.1, 0.15) is 12.8 Å². The minimum absolute atomic E-state index is 0.137. The van der Waals surface area contributed by atoms with E-state index in [2.05, 4.69) is 15.9 Å². The summed E-state index contributed by atoms with van der Waals surface area (Å²) in [6.07, 6.45) is 0.918. The Morgan fingerprint density at radius 2 is 2.08 bits per heavy atom. The summed E-state index contributed by atoms with van der Waals surface area (Å²) in [6.45, 7) is 1.57. The third kappa shape index (κ3) is 2.91. The molecule has 0 saturated carbocycles. The molecule has 1 saturated heterocycles.